The fourth-order valence-electron chi connectivity index (χ4n) is 5.20. The number of sulfone groups is 1. The predicted octanol–water partition coefficient (Wildman–Crippen LogP) is 3.51. The molecule has 0 unspecified atom stereocenters. The average molecular weight is 561 g/mol. The molecule has 11 nitrogen and oxygen atoms in total. The number of rotatable bonds is 3. The Kier molecular flexibility index (Phi) is 7.34. The molecule has 0 saturated carbocycles. The van der Waals surface area contributed by atoms with E-state index in [0.29, 0.717) is 49.9 Å². The van der Waals surface area contributed by atoms with Crippen molar-refractivity contribution in [2.75, 3.05) is 49.4 Å². The second-order valence-electron chi connectivity index (χ2n) is 11.3. The minimum atomic E-state index is -3.67. The molecule has 212 valence electrons. The molecule has 2 aromatic rings. The first kappa shape index (κ1) is 27.8. The molecule has 1 saturated heterocycles. The van der Waals surface area contributed by atoms with E-state index < -0.39 is 27.1 Å². The topological polar surface area (TPSA) is 129 Å². The van der Waals surface area contributed by atoms with E-state index in [1.165, 1.54) is 0 Å². The van der Waals surface area contributed by atoms with Crippen LogP contribution in [0.3, 0.4) is 0 Å². The molecule has 4 heterocycles. The zero-order valence-electron chi connectivity index (χ0n) is 23.1. The summed E-state index contributed by atoms with van der Waals surface area (Å²) in [7, 11) is -3.67. The maximum Gasteiger partial charge on any atom is 0.412 e. The molecule has 1 fully saturated rings. The summed E-state index contributed by atoms with van der Waals surface area (Å²) in [6.07, 6.45) is 1.48. The number of amides is 1. The van der Waals surface area contributed by atoms with Crippen LogP contribution < -0.4 is 10.2 Å². The highest BCUT2D eigenvalue weighted by molar-refractivity contribution is 7.90. The van der Waals surface area contributed by atoms with Crippen molar-refractivity contribution in [3.63, 3.8) is 0 Å². The lowest BCUT2D eigenvalue weighted by Crippen LogP contribution is -2.45. The summed E-state index contributed by atoms with van der Waals surface area (Å²) in [5.41, 5.74) is 2.21. The van der Waals surface area contributed by atoms with E-state index in [0.717, 1.165) is 29.4 Å². The van der Waals surface area contributed by atoms with Crippen LogP contribution in [-0.2, 0) is 47.4 Å². The standard InChI is InChI=1S/C27H36N4O7S/c1-17-19-8-7-18(28-25(32)38-26(2,3)4)13-21(19)27(16-36-17)14-22-20(15-37-27)23(30-24(29-22)39(5,33)34)31-9-6-11-35-12-10-31/h7-8,13,17H,6,9-12,14-16H2,1-5H3,(H,28,32)/t17-,27+/m0/s1. The van der Waals surface area contributed by atoms with E-state index in [4.69, 9.17) is 18.9 Å². The Balaban J connectivity index is 1.54. The third kappa shape index (κ3) is 5.88. The molecule has 3 aliphatic rings. The Hall–Kier alpha value is -2.80. The summed E-state index contributed by atoms with van der Waals surface area (Å²) in [6.45, 7) is 10.3. The Bertz CT molecular complexity index is 1370. The van der Waals surface area contributed by atoms with Gasteiger partial charge in [-0.15, -0.1) is 0 Å². The number of nitrogens with one attached hydrogen (secondary N) is 1. The largest absolute Gasteiger partial charge is 0.444 e. The molecular weight excluding hydrogens is 524 g/mol. The normalized spacial score (nSPS) is 23.5. The van der Waals surface area contributed by atoms with Crippen molar-refractivity contribution in [1.82, 2.24) is 9.97 Å². The van der Waals surface area contributed by atoms with E-state index in [1.54, 1.807) is 20.8 Å². The Morgan fingerprint density at radius 1 is 1.21 bits per heavy atom. The number of carbonyl (C=O) groups is 1. The lowest BCUT2D eigenvalue weighted by Gasteiger charge is -2.44. The monoisotopic (exact) mass is 560 g/mol. The molecule has 2 atom stereocenters. The van der Waals surface area contributed by atoms with E-state index in [9.17, 15) is 13.2 Å². The summed E-state index contributed by atoms with van der Waals surface area (Å²) in [5.74, 6) is 0.575. The van der Waals surface area contributed by atoms with Gasteiger partial charge in [0, 0.05) is 43.6 Å². The fourth-order valence-corrected chi connectivity index (χ4v) is 5.73. The first-order chi connectivity index (χ1) is 18.3. The maximum absolute atomic E-state index is 12.6. The highest BCUT2D eigenvalue weighted by Gasteiger charge is 2.45. The predicted molar refractivity (Wildman–Crippen MR) is 144 cm³/mol. The van der Waals surface area contributed by atoms with Crippen molar-refractivity contribution < 1.29 is 32.2 Å². The van der Waals surface area contributed by atoms with Gasteiger partial charge >= 0.3 is 6.09 Å². The number of anilines is 2. The number of benzene rings is 1. The zero-order valence-corrected chi connectivity index (χ0v) is 23.9. The van der Waals surface area contributed by atoms with Crippen LogP contribution in [0.1, 0.15) is 62.6 Å². The van der Waals surface area contributed by atoms with Gasteiger partial charge in [-0.3, -0.25) is 5.32 Å². The lowest BCUT2D eigenvalue weighted by molar-refractivity contribution is -0.148. The number of hydrogen-bond acceptors (Lipinski definition) is 10. The van der Waals surface area contributed by atoms with Gasteiger partial charge in [0.15, 0.2) is 0 Å². The van der Waals surface area contributed by atoms with Crippen LogP contribution in [0.5, 0.6) is 0 Å². The minimum absolute atomic E-state index is 0.184. The number of fused-ring (bicyclic) bond motifs is 3. The Morgan fingerprint density at radius 2 is 2.00 bits per heavy atom. The average Bonchev–Trinajstić information content (AvgIpc) is 3.14. The third-order valence-electron chi connectivity index (χ3n) is 7.04. The van der Waals surface area contributed by atoms with Crippen LogP contribution in [0.15, 0.2) is 23.4 Å². The molecule has 5 rings (SSSR count). The number of ether oxygens (including phenoxy) is 4. The molecule has 12 heteroatoms. The van der Waals surface area contributed by atoms with Gasteiger partial charge in [0.25, 0.3) is 0 Å². The molecule has 3 aliphatic heterocycles. The van der Waals surface area contributed by atoms with Gasteiger partial charge in [-0.25, -0.2) is 23.2 Å². The van der Waals surface area contributed by atoms with Crippen LogP contribution in [0, 0.1) is 0 Å². The van der Waals surface area contributed by atoms with Gasteiger partial charge in [0.1, 0.15) is 17.0 Å². The Morgan fingerprint density at radius 3 is 2.74 bits per heavy atom. The molecule has 0 bridgehead atoms. The SMILES string of the molecule is C[C@@H]1OC[C@]2(Cc3nc(S(C)(=O)=O)nc(N4CCCOCC4)c3CO2)c2cc(NC(=O)OC(C)(C)C)ccc21. The van der Waals surface area contributed by atoms with E-state index in [-0.39, 0.29) is 24.5 Å². The first-order valence-electron chi connectivity index (χ1n) is 13.2. The molecule has 0 aliphatic carbocycles. The molecule has 1 aromatic carbocycles. The van der Waals surface area contributed by atoms with Crippen LogP contribution in [-0.4, -0.2) is 69.2 Å². The van der Waals surface area contributed by atoms with Gasteiger partial charge < -0.3 is 23.8 Å². The summed E-state index contributed by atoms with van der Waals surface area (Å²) in [4.78, 5) is 23.5. The maximum atomic E-state index is 12.6. The molecule has 1 N–H and O–H groups in total. The molecule has 39 heavy (non-hydrogen) atoms. The van der Waals surface area contributed by atoms with Gasteiger partial charge in [0.05, 0.1) is 31.6 Å². The molecule has 1 amide bonds. The minimum Gasteiger partial charge on any atom is -0.444 e. The summed E-state index contributed by atoms with van der Waals surface area (Å²) < 4.78 is 48.9. The molecule has 1 aromatic heterocycles. The van der Waals surface area contributed by atoms with Crippen molar-refractivity contribution in [3.05, 3.63) is 40.6 Å². The molecule has 1 spiro atoms. The molecular formula is C27H36N4O7S. The van der Waals surface area contributed by atoms with Gasteiger partial charge in [-0.1, -0.05) is 6.07 Å². The van der Waals surface area contributed by atoms with Crippen LogP contribution in [0.25, 0.3) is 0 Å². The van der Waals surface area contributed by atoms with Crippen molar-refractivity contribution in [3.8, 4) is 0 Å². The summed E-state index contributed by atoms with van der Waals surface area (Å²) >= 11 is 0. The highest BCUT2D eigenvalue weighted by Crippen LogP contribution is 2.46. The number of aromatic nitrogens is 2. The van der Waals surface area contributed by atoms with Crippen molar-refractivity contribution in [2.45, 2.75) is 69.6 Å². The van der Waals surface area contributed by atoms with E-state index in [2.05, 4.69) is 20.2 Å². The van der Waals surface area contributed by atoms with Gasteiger partial charge in [-0.05, 0) is 57.4 Å². The van der Waals surface area contributed by atoms with Gasteiger partial charge in [0.2, 0.25) is 15.0 Å². The van der Waals surface area contributed by atoms with Crippen molar-refractivity contribution in [1.29, 1.82) is 0 Å². The first-order valence-corrected chi connectivity index (χ1v) is 15.1. The van der Waals surface area contributed by atoms with Crippen LogP contribution in [0.2, 0.25) is 0 Å². The Labute approximate surface area is 229 Å². The summed E-state index contributed by atoms with van der Waals surface area (Å²) in [6, 6.07) is 5.61. The second-order valence-corrected chi connectivity index (χ2v) is 13.2. The zero-order chi connectivity index (χ0) is 28.0. The fraction of sp³-hybridized carbons (Fsp3) is 0.593. The van der Waals surface area contributed by atoms with E-state index >= 15 is 0 Å². The van der Waals surface area contributed by atoms with Gasteiger partial charge in [-0.2, -0.15) is 0 Å². The lowest BCUT2D eigenvalue weighted by atomic mass is 9.80. The smallest absolute Gasteiger partial charge is 0.412 e. The second kappa shape index (κ2) is 10.3. The van der Waals surface area contributed by atoms with Crippen LogP contribution in [0.4, 0.5) is 16.3 Å². The van der Waals surface area contributed by atoms with Crippen LogP contribution >= 0.6 is 0 Å². The van der Waals surface area contributed by atoms with Crippen molar-refractivity contribution in [2.24, 2.45) is 0 Å². The number of carbonyl (C=O) groups excluding carboxylic acids is 1. The quantitative estimate of drug-likeness (QED) is 0.557. The number of hydrogen-bond donors (Lipinski definition) is 1. The molecule has 0 radical (unpaired) electrons. The van der Waals surface area contributed by atoms with Crippen molar-refractivity contribution >= 4 is 27.4 Å². The highest BCUT2D eigenvalue weighted by atomic mass is 32.2. The number of nitrogens with zero attached hydrogens (tertiary/aromatic N) is 3. The summed E-state index contributed by atoms with van der Waals surface area (Å²) in [5, 5.41) is 2.61. The van der Waals surface area contributed by atoms with E-state index in [1.807, 2.05) is 25.1 Å². The third-order valence-corrected chi connectivity index (χ3v) is 7.89.